The normalized spacial score (nSPS) is 24.5. The highest BCUT2D eigenvalue weighted by atomic mass is 19.1. The van der Waals surface area contributed by atoms with Crippen LogP contribution in [0.25, 0.3) is 5.65 Å². The second-order valence-electron chi connectivity index (χ2n) is 7.78. The van der Waals surface area contributed by atoms with Crippen molar-refractivity contribution in [2.45, 2.75) is 37.5 Å². The highest BCUT2D eigenvalue weighted by Crippen LogP contribution is 2.39. The van der Waals surface area contributed by atoms with Crippen LogP contribution in [0.1, 0.15) is 46.9 Å². The molecule has 6 heterocycles. The monoisotopic (exact) mass is 421 g/mol. The Kier molecular flexibility index (Phi) is 3.85. The number of carbonyl (C=O) groups is 1. The molecular formula is C20H16FN7O3. The summed E-state index contributed by atoms with van der Waals surface area (Å²) in [6.07, 6.45) is 4.33. The Bertz CT molecular complexity index is 1260. The summed E-state index contributed by atoms with van der Waals surface area (Å²) >= 11 is 0. The Morgan fingerprint density at radius 3 is 3.06 bits per heavy atom. The molecule has 0 aromatic carbocycles. The Hall–Kier alpha value is -3.78. The van der Waals surface area contributed by atoms with Crippen molar-refractivity contribution in [3.63, 3.8) is 0 Å². The summed E-state index contributed by atoms with van der Waals surface area (Å²) in [6.45, 7) is 0.398. The maximum Gasteiger partial charge on any atom is 0.258 e. The predicted octanol–water partition coefficient (Wildman–Crippen LogP) is 1.67. The molecule has 3 aromatic heterocycles. The van der Waals surface area contributed by atoms with E-state index in [2.05, 4.69) is 20.4 Å². The molecule has 0 unspecified atom stereocenters. The van der Waals surface area contributed by atoms with E-state index in [1.165, 1.54) is 10.6 Å². The number of hydroxylamine groups is 1. The van der Waals surface area contributed by atoms with Crippen LogP contribution in [0, 0.1) is 17.1 Å². The van der Waals surface area contributed by atoms with Crippen molar-refractivity contribution < 1.29 is 18.8 Å². The molecule has 1 atom stereocenters. The molecule has 0 spiro atoms. The number of amides is 1. The molecule has 4 bridgehead atoms. The minimum absolute atomic E-state index is 0.00289. The smallest absolute Gasteiger partial charge is 0.258 e. The number of fused-ring (bicyclic) bond motifs is 1. The van der Waals surface area contributed by atoms with Crippen molar-refractivity contribution >= 4 is 17.4 Å². The summed E-state index contributed by atoms with van der Waals surface area (Å²) < 4.78 is 21.5. The lowest BCUT2D eigenvalue weighted by Gasteiger charge is -2.36. The molecule has 1 N–H and O–H groups in total. The van der Waals surface area contributed by atoms with Gasteiger partial charge in [-0.05, 0) is 6.07 Å². The molecule has 2 fully saturated rings. The Morgan fingerprint density at radius 1 is 1.35 bits per heavy atom. The van der Waals surface area contributed by atoms with E-state index in [9.17, 15) is 14.4 Å². The molecule has 0 radical (unpaired) electrons. The standard InChI is InChI=1S/C20H16FN7O3/c21-10-5-13-15-2-4-30-28(15)16-1-3-27-18(25-16)17(14(8-22)26-27)19(29)24-11-6-12(7-11)31-20(13)23-9-10/h1,3,5,9,11-12,15H,2,4,6-7H2,(H,24,29)/t11?,12?,15-/m0/s1. The highest BCUT2D eigenvalue weighted by molar-refractivity contribution is 6.02. The fourth-order valence-corrected chi connectivity index (χ4v) is 4.28. The van der Waals surface area contributed by atoms with Crippen LogP contribution in [0.4, 0.5) is 10.2 Å². The van der Waals surface area contributed by atoms with Gasteiger partial charge in [0.05, 0.1) is 18.8 Å². The fourth-order valence-electron chi connectivity index (χ4n) is 4.28. The summed E-state index contributed by atoms with van der Waals surface area (Å²) in [4.78, 5) is 27.5. The van der Waals surface area contributed by atoms with Crippen molar-refractivity contribution in [2.24, 2.45) is 0 Å². The molecule has 1 saturated heterocycles. The van der Waals surface area contributed by atoms with Crippen molar-refractivity contribution in [2.75, 3.05) is 11.7 Å². The molecule has 1 amide bonds. The SMILES string of the molecule is N#Cc1nn2ccc3nc2c1C(=O)NC1CC(C1)Oc1ncc(F)cc1[C@@H]1CCON31. The van der Waals surface area contributed by atoms with E-state index >= 15 is 0 Å². The summed E-state index contributed by atoms with van der Waals surface area (Å²) in [5.74, 6) is -0.108. The summed E-state index contributed by atoms with van der Waals surface area (Å²) in [5.41, 5.74) is 0.948. The third-order valence-corrected chi connectivity index (χ3v) is 5.85. The molecule has 1 aliphatic carbocycles. The van der Waals surface area contributed by atoms with Crippen molar-refractivity contribution in [1.82, 2.24) is 24.9 Å². The summed E-state index contributed by atoms with van der Waals surface area (Å²) in [5, 5.41) is 18.2. The first-order chi connectivity index (χ1) is 15.1. The Balaban J connectivity index is 1.55. The van der Waals surface area contributed by atoms with Gasteiger partial charge in [0.15, 0.2) is 17.2 Å². The number of nitriles is 1. The number of ether oxygens (including phenoxy) is 1. The number of carbonyl (C=O) groups excluding carboxylic acids is 1. The average molecular weight is 421 g/mol. The number of pyridine rings is 1. The van der Waals surface area contributed by atoms with Gasteiger partial charge in [-0.25, -0.2) is 23.9 Å². The van der Waals surface area contributed by atoms with Crippen molar-refractivity contribution in [3.8, 4) is 11.9 Å². The van der Waals surface area contributed by atoms with Gasteiger partial charge in [0.25, 0.3) is 5.91 Å². The zero-order valence-electron chi connectivity index (χ0n) is 16.2. The minimum atomic E-state index is -0.464. The number of hydrogen-bond acceptors (Lipinski definition) is 8. The number of nitrogens with zero attached hydrogens (tertiary/aromatic N) is 6. The van der Waals surface area contributed by atoms with E-state index in [4.69, 9.17) is 9.57 Å². The van der Waals surface area contributed by atoms with Crippen LogP contribution in [0.15, 0.2) is 24.5 Å². The van der Waals surface area contributed by atoms with Crippen LogP contribution in [0.5, 0.6) is 5.88 Å². The zero-order valence-corrected chi connectivity index (χ0v) is 16.2. The summed E-state index contributed by atoms with van der Waals surface area (Å²) in [6, 6.07) is 4.56. The predicted molar refractivity (Wildman–Crippen MR) is 103 cm³/mol. The van der Waals surface area contributed by atoms with Gasteiger partial charge in [-0.3, -0.25) is 9.63 Å². The van der Waals surface area contributed by atoms with Gasteiger partial charge >= 0.3 is 0 Å². The van der Waals surface area contributed by atoms with Gasteiger partial charge in [0.1, 0.15) is 23.6 Å². The minimum Gasteiger partial charge on any atom is -0.474 e. The molecule has 11 heteroatoms. The van der Waals surface area contributed by atoms with Gasteiger partial charge in [-0.15, -0.1) is 0 Å². The zero-order chi connectivity index (χ0) is 21.1. The maximum atomic E-state index is 14.1. The first kappa shape index (κ1) is 18.0. The van der Waals surface area contributed by atoms with E-state index in [0.29, 0.717) is 43.1 Å². The maximum absolute atomic E-state index is 14.1. The molecule has 156 valence electrons. The van der Waals surface area contributed by atoms with E-state index < -0.39 is 11.7 Å². The van der Waals surface area contributed by atoms with E-state index in [-0.39, 0.29) is 35.1 Å². The molecule has 3 aromatic rings. The molecule has 7 rings (SSSR count). The van der Waals surface area contributed by atoms with Crippen LogP contribution in [-0.2, 0) is 4.84 Å². The van der Waals surface area contributed by atoms with Gasteiger partial charge in [0, 0.05) is 43.1 Å². The molecule has 10 nitrogen and oxygen atoms in total. The number of rotatable bonds is 0. The average Bonchev–Trinajstić information content (AvgIpc) is 3.36. The number of hydrogen-bond donors (Lipinski definition) is 1. The third-order valence-electron chi connectivity index (χ3n) is 5.85. The lowest BCUT2D eigenvalue weighted by molar-refractivity contribution is 0.0667. The molecule has 3 aliphatic heterocycles. The second-order valence-corrected chi connectivity index (χ2v) is 7.78. The van der Waals surface area contributed by atoms with Crippen LogP contribution in [-0.4, -0.2) is 44.2 Å². The molecule has 1 saturated carbocycles. The van der Waals surface area contributed by atoms with Crippen LogP contribution in [0.3, 0.4) is 0 Å². The Labute approximate surface area is 175 Å². The number of aromatic nitrogens is 4. The van der Waals surface area contributed by atoms with Crippen LogP contribution in [0.2, 0.25) is 0 Å². The first-order valence-corrected chi connectivity index (χ1v) is 9.95. The largest absolute Gasteiger partial charge is 0.474 e. The molecule has 4 aliphatic rings. The molecule has 31 heavy (non-hydrogen) atoms. The quantitative estimate of drug-likeness (QED) is 0.583. The third kappa shape index (κ3) is 2.79. The lowest BCUT2D eigenvalue weighted by atomic mass is 9.89. The topological polar surface area (TPSA) is 118 Å². The Morgan fingerprint density at radius 2 is 2.23 bits per heavy atom. The second kappa shape index (κ2) is 6.61. The van der Waals surface area contributed by atoms with Gasteiger partial charge in [-0.1, -0.05) is 0 Å². The lowest BCUT2D eigenvalue weighted by Crippen LogP contribution is -2.49. The van der Waals surface area contributed by atoms with Gasteiger partial charge < -0.3 is 10.1 Å². The van der Waals surface area contributed by atoms with E-state index in [0.717, 1.165) is 6.20 Å². The van der Waals surface area contributed by atoms with Crippen LogP contribution < -0.4 is 15.1 Å². The number of halogens is 1. The summed E-state index contributed by atoms with van der Waals surface area (Å²) in [7, 11) is 0. The van der Waals surface area contributed by atoms with E-state index in [1.807, 2.05) is 6.07 Å². The number of nitrogens with one attached hydrogen (secondary N) is 1. The first-order valence-electron chi connectivity index (χ1n) is 9.95. The van der Waals surface area contributed by atoms with Crippen molar-refractivity contribution in [1.29, 1.82) is 5.26 Å². The van der Waals surface area contributed by atoms with Gasteiger partial charge in [-0.2, -0.15) is 10.4 Å². The van der Waals surface area contributed by atoms with E-state index in [1.54, 1.807) is 17.3 Å². The van der Waals surface area contributed by atoms with Crippen LogP contribution >= 0.6 is 0 Å². The number of anilines is 1. The highest BCUT2D eigenvalue weighted by Gasteiger charge is 2.38. The fraction of sp³-hybridized carbons (Fsp3) is 0.350. The molecular weight excluding hydrogens is 405 g/mol. The van der Waals surface area contributed by atoms with Crippen molar-refractivity contribution in [3.05, 3.63) is 47.2 Å². The van der Waals surface area contributed by atoms with Gasteiger partial charge in [0.2, 0.25) is 5.88 Å².